The van der Waals surface area contributed by atoms with Crippen molar-refractivity contribution in [2.75, 3.05) is 13.6 Å². The van der Waals surface area contributed by atoms with Crippen molar-refractivity contribution in [1.82, 2.24) is 4.90 Å². The summed E-state index contributed by atoms with van der Waals surface area (Å²) >= 11 is 0. The highest BCUT2D eigenvalue weighted by molar-refractivity contribution is 5.68. The molecule has 0 saturated carbocycles. The van der Waals surface area contributed by atoms with Gasteiger partial charge in [-0.3, -0.25) is 4.79 Å². The zero-order chi connectivity index (χ0) is 11.4. The molecule has 0 aromatic carbocycles. The second-order valence-electron chi connectivity index (χ2n) is 4.99. The van der Waals surface area contributed by atoms with Crippen molar-refractivity contribution in [1.29, 1.82) is 0 Å². The highest BCUT2D eigenvalue weighted by atomic mass is 16.4. The summed E-state index contributed by atoms with van der Waals surface area (Å²) in [7, 11) is 1.99. The lowest BCUT2D eigenvalue weighted by Crippen LogP contribution is -2.43. The maximum absolute atomic E-state index is 10.6. The van der Waals surface area contributed by atoms with Gasteiger partial charge in [-0.25, -0.2) is 0 Å². The summed E-state index contributed by atoms with van der Waals surface area (Å²) in [6, 6.07) is 0. The Labute approximate surface area is 87.1 Å². The first-order valence-electron chi connectivity index (χ1n) is 5.18. The van der Waals surface area contributed by atoms with E-state index in [9.17, 15) is 4.79 Å². The zero-order valence-electron chi connectivity index (χ0n) is 10.0. The highest BCUT2D eigenvalue weighted by Crippen LogP contribution is 2.18. The van der Waals surface area contributed by atoms with Crippen molar-refractivity contribution < 1.29 is 9.90 Å². The minimum Gasteiger partial charge on any atom is -0.481 e. The fraction of sp³-hybridized carbons (Fsp3) is 0.909. The first-order chi connectivity index (χ1) is 6.25. The van der Waals surface area contributed by atoms with Crippen LogP contribution in [0.15, 0.2) is 0 Å². The number of hydrogen-bond acceptors (Lipinski definition) is 2. The summed E-state index contributed by atoms with van der Waals surface area (Å²) in [5.41, 5.74) is -0.249. The maximum Gasteiger partial charge on any atom is 0.305 e. The van der Waals surface area contributed by atoms with E-state index in [1.807, 2.05) is 20.9 Å². The summed E-state index contributed by atoms with van der Waals surface area (Å²) in [6.45, 7) is 9.26. The molecule has 0 saturated heterocycles. The Bertz CT molecular complexity index is 188. The quantitative estimate of drug-likeness (QED) is 0.716. The molecule has 0 spiro atoms. The molecular weight excluding hydrogens is 178 g/mol. The molecule has 0 aliphatic heterocycles. The lowest BCUT2D eigenvalue weighted by molar-refractivity contribution is -0.139. The largest absolute Gasteiger partial charge is 0.481 e. The molecule has 0 radical (unpaired) electrons. The van der Waals surface area contributed by atoms with Crippen LogP contribution in [0.3, 0.4) is 0 Å². The summed E-state index contributed by atoms with van der Waals surface area (Å²) in [6.07, 6.45) is 1.31. The van der Waals surface area contributed by atoms with Crippen molar-refractivity contribution in [3.63, 3.8) is 0 Å². The molecule has 0 rings (SSSR count). The molecular formula is C11H23NO2. The van der Waals surface area contributed by atoms with Gasteiger partial charge >= 0.3 is 5.97 Å². The standard InChI is InChI=1S/C11H23NO2/c1-9(2)6-7-12(5)11(3,4)8-10(13)14/h9H,6-8H2,1-5H3,(H,13,14). The normalized spacial score (nSPS) is 12.5. The van der Waals surface area contributed by atoms with Gasteiger partial charge in [0.1, 0.15) is 0 Å². The minimum absolute atomic E-state index is 0.196. The van der Waals surface area contributed by atoms with E-state index in [0.29, 0.717) is 5.92 Å². The van der Waals surface area contributed by atoms with Crippen molar-refractivity contribution in [3.8, 4) is 0 Å². The first kappa shape index (κ1) is 13.4. The number of carboxylic acid groups (broad SMARTS) is 1. The molecule has 0 bridgehead atoms. The Morgan fingerprint density at radius 3 is 2.29 bits per heavy atom. The molecule has 0 aliphatic carbocycles. The average molecular weight is 201 g/mol. The Kier molecular flexibility index (Phi) is 5.13. The van der Waals surface area contributed by atoms with Gasteiger partial charge in [0.2, 0.25) is 0 Å². The smallest absolute Gasteiger partial charge is 0.305 e. The van der Waals surface area contributed by atoms with E-state index < -0.39 is 5.97 Å². The van der Waals surface area contributed by atoms with Crippen LogP contribution in [0.25, 0.3) is 0 Å². The third-order valence-corrected chi connectivity index (χ3v) is 2.66. The molecule has 0 amide bonds. The third kappa shape index (κ3) is 5.22. The fourth-order valence-corrected chi connectivity index (χ4v) is 1.26. The number of rotatable bonds is 6. The minimum atomic E-state index is -0.730. The van der Waals surface area contributed by atoms with Crippen LogP contribution in [0.2, 0.25) is 0 Å². The van der Waals surface area contributed by atoms with Gasteiger partial charge in [-0.15, -0.1) is 0 Å². The van der Waals surface area contributed by atoms with Crippen LogP contribution < -0.4 is 0 Å². The molecule has 0 atom stereocenters. The average Bonchev–Trinajstić information content (AvgIpc) is 1.97. The second-order valence-corrected chi connectivity index (χ2v) is 4.99. The van der Waals surface area contributed by atoms with Gasteiger partial charge < -0.3 is 10.0 Å². The Morgan fingerprint density at radius 1 is 1.43 bits per heavy atom. The number of aliphatic carboxylic acids is 1. The monoisotopic (exact) mass is 201 g/mol. The number of carboxylic acids is 1. The van der Waals surface area contributed by atoms with Gasteiger partial charge in [-0.1, -0.05) is 13.8 Å². The van der Waals surface area contributed by atoms with Crippen LogP contribution in [0.5, 0.6) is 0 Å². The highest BCUT2D eigenvalue weighted by Gasteiger charge is 2.26. The number of nitrogens with zero attached hydrogens (tertiary/aromatic N) is 1. The molecule has 0 heterocycles. The van der Waals surface area contributed by atoms with Gasteiger partial charge in [0, 0.05) is 5.54 Å². The molecule has 0 aromatic heterocycles. The van der Waals surface area contributed by atoms with E-state index in [4.69, 9.17) is 5.11 Å². The predicted octanol–water partition coefficient (Wildman–Crippen LogP) is 2.22. The van der Waals surface area contributed by atoms with Crippen molar-refractivity contribution in [3.05, 3.63) is 0 Å². The van der Waals surface area contributed by atoms with Crippen molar-refractivity contribution in [2.45, 2.75) is 46.1 Å². The van der Waals surface area contributed by atoms with E-state index in [0.717, 1.165) is 13.0 Å². The summed E-state index contributed by atoms with van der Waals surface area (Å²) in [5.74, 6) is -0.0653. The Morgan fingerprint density at radius 2 is 1.93 bits per heavy atom. The summed E-state index contributed by atoms with van der Waals surface area (Å²) < 4.78 is 0. The third-order valence-electron chi connectivity index (χ3n) is 2.66. The SMILES string of the molecule is CC(C)CCN(C)C(C)(C)CC(=O)O. The summed E-state index contributed by atoms with van der Waals surface area (Å²) in [4.78, 5) is 12.8. The topological polar surface area (TPSA) is 40.5 Å². The number of hydrogen-bond donors (Lipinski definition) is 1. The van der Waals surface area contributed by atoms with Crippen molar-refractivity contribution in [2.24, 2.45) is 5.92 Å². The van der Waals surface area contributed by atoms with Gasteiger partial charge in [-0.05, 0) is 39.8 Å². The van der Waals surface area contributed by atoms with Crippen molar-refractivity contribution >= 4 is 5.97 Å². The molecule has 0 aromatic rings. The predicted molar refractivity (Wildman–Crippen MR) is 58.4 cm³/mol. The second kappa shape index (κ2) is 5.35. The summed E-state index contributed by atoms with van der Waals surface area (Å²) in [5, 5.41) is 8.75. The van der Waals surface area contributed by atoms with Crippen LogP contribution >= 0.6 is 0 Å². The Balaban J connectivity index is 4.06. The van der Waals surface area contributed by atoms with E-state index >= 15 is 0 Å². The molecule has 84 valence electrons. The maximum atomic E-state index is 10.6. The molecule has 14 heavy (non-hydrogen) atoms. The fourth-order valence-electron chi connectivity index (χ4n) is 1.26. The van der Waals surface area contributed by atoms with Gasteiger partial charge in [-0.2, -0.15) is 0 Å². The molecule has 0 unspecified atom stereocenters. The molecule has 3 heteroatoms. The van der Waals surface area contributed by atoms with Crippen LogP contribution in [0.1, 0.15) is 40.5 Å². The van der Waals surface area contributed by atoms with Gasteiger partial charge in [0.05, 0.1) is 6.42 Å². The lowest BCUT2D eigenvalue weighted by Gasteiger charge is -2.34. The van der Waals surface area contributed by atoms with E-state index in [1.54, 1.807) is 0 Å². The number of carbonyl (C=O) groups is 1. The molecule has 0 aliphatic rings. The van der Waals surface area contributed by atoms with Gasteiger partial charge in [0.25, 0.3) is 0 Å². The molecule has 3 nitrogen and oxygen atoms in total. The van der Waals surface area contributed by atoms with Crippen LogP contribution in [0, 0.1) is 5.92 Å². The first-order valence-corrected chi connectivity index (χ1v) is 5.18. The van der Waals surface area contributed by atoms with Crippen LogP contribution in [-0.4, -0.2) is 35.1 Å². The zero-order valence-corrected chi connectivity index (χ0v) is 10.0. The van der Waals surface area contributed by atoms with Crippen LogP contribution in [0.4, 0.5) is 0 Å². The van der Waals surface area contributed by atoms with E-state index in [2.05, 4.69) is 18.7 Å². The molecule has 0 fully saturated rings. The Hall–Kier alpha value is -0.570. The lowest BCUT2D eigenvalue weighted by atomic mass is 9.98. The molecule has 1 N–H and O–H groups in total. The van der Waals surface area contributed by atoms with E-state index in [-0.39, 0.29) is 12.0 Å². The van der Waals surface area contributed by atoms with Gasteiger partial charge in [0.15, 0.2) is 0 Å². The van der Waals surface area contributed by atoms with E-state index in [1.165, 1.54) is 0 Å². The van der Waals surface area contributed by atoms with Crippen LogP contribution in [-0.2, 0) is 4.79 Å².